The fourth-order valence-corrected chi connectivity index (χ4v) is 0. The van der Waals surface area contributed by atoms with Crippen molar-refractivity contribution >= 4 is 48.2 Å². The zero-order chi connectivity index (χ0) is 5.21. The maximum absolute atomic E-state index is 9.37. The SMILES string of the molecule is O=S(=O)(O)O[SiH3].[PbH2].[Ti]. The van der Waals surface area contributed by atoms with Gasteiger partial charge in [-0.05, 0) is 0 Å². The van der Waals surface area contributed by atoms with E-state index in [2.05, 4.69) is 3.87 Å². The van der Waals surface area contributed by atoms with Crippen molar-refractivity contribution in [2.45, 2.75) is 0 Å². The van der Waals surface area contributed by atoms with Crippen LogP contribution >= 0.6 is 0 Å². The van der Waals surface area contributed by atoms with Crippen molar-refractivity contribution in [3.8, 4) is 0 Å². The average Bonchev–Trinajstić information content (AvgIpc) is 1.35. The Kier molecular flexibility index (Phi) is 14.0. The van der Waals surface area contributed by atoms with Crippen LogP contribution in [0.5, 0.6) is 0 Å². The molecule has 0 saturated heterocycles. The third kappa shape index (κ3) is 15.6. The second-order valence-corrected chi connectivity index (χ2v) is 2.78. The fourth-order valence-electron chi connectivity index (χ4n) is 0. The molecule has 1 N–H and O–H groups in total. The molecule has 0 bridgehead atoms. The first-order valence-electron chi connectivity index (χ1n) is 1.09. The van der Waals surface area contributed by atoms with E-state index in [4.69, 9.17) is 4.55 Å². The molecule has 8 heteroatoms. The van der Waals surface area contributed by atoms with E-state index in [1.165, 1.54) is 0 Å². The van der Waals surface area contributed by atoms with E-state index < -0.39 is 10.4 Å². The van der Waals surface area contributed by atoms with Crippen molar-refractivity contribution in [1.82, 2.24) is 0 Å². The largest absolute Gasteiger partial charge is 0 e. The Bertz CT molecular complexity index is 118. The van der Waals surface area contributed by atoms with E-state index in [-0.39, 0.29) is 59.5 Å². The average molecular weight is 385 g/mol. The van der Waals surface area contributed by atoms with E-state index in [1.807, 2.05) is 0 Å². The Balaban J connectivity index is -0.000000125. The van der Waals surface area contributed by atoms with Gasteiger partial charge in [-0.15, -0.1) is 0 Å². The minimum atomic E-state index is -4.10. The van der Waals surface area contributed by atoms with Gasteiger partial charge in [-0.2, -0.15) is 8.42 Å². The minimum absolute atomic E-state index is 0. The Morgan fingerprint density at radius 2 is 1.62 bits per heavy atom. The molecule has 2 radical (unpaired) electrons. The standard InChI is InChI=1S/H4O4SSi.Pb.Ti.2H/c1-5(2,3)4-6;;;;/h6H3,(H,1,2,3);;;;. The molecule has 0 saturated carbocycles. The van der Waals surface area contributed by atoms with Crippen molar-refractivity contribution in [1.29, 1.82) is 0 Å². The predicted molar refractivity (Wildman–Crippen MR) is 31.1 cm³/mol. The summed E-state index contributed by atoms with van der Waals surface area (Å²) in [6, 6.07) is 0. The molecular weight excluding hydrogens is 379 g/mol. The molecule has 0 aliphatic rings. The Hall–Kier alpha value is 1.72. The van der Waals surface area contributed by atoms with Gasteiger partial charge < -0.3 is 3.87 Å². The molecule has 0 rings (SSSR count). The normalized spacial score (nSPS) is 9.12. The molecule has 0 aliphatic carbocycles. The number of hydrogen-bond donors (Lipinski definition) is 1. The molecule has 0 atom stereocenters. The fraction of sp³-hybridized carbons (Fsp3) is 0. The first-order chi connectivity index (χ1) is 2.56. The summed E-state index contributed by atoms with van der Waals surface area (Å²) in [5, 5.41) is 0. The Morgan fingerprint density at radius 1 is 1.50 bits per heavy atom. The van der Waals surface area contributed by atoms with Crippen molar-refractivity contribution in [2.75, 3.05) is 0 Å². The zero-order valence-corrected chi connectivity index (χ0v) is 14.2. The molecule has 8 heavy (non-hydrogen) atoms. The van der Waals surface area contributed by atoms with Crippen LogP contribution < -0.4 is 0 Å². The third-order valence-electron chi connectivity index (χ3n) is 0.211. The molecule has 0 aliphatic heterocycles. The van der Waals surface area contributed by atoms with Crippen molar-refractivity contribution in [3.05, 3.63) is 0 Å². The van der Waals surface area contributed by atoms with Gasteiger partial charge in [-0.25, -0.2) is 0 Å². The van der Waals surface area contributed by atoms with Gasteiger partial charge in [0.05, 0.1) is 0 Å². The summed E-state index contributed by atoms with van der Waals surface area (Å²) in [6.07, 6.45) is 0. The molecule has 4 nitrogen and oxygen atoms in total. The van der Waals surface area contributed by atoms with Gasteiger partial charge in [-0.1, -0.05) is 0 Å². The smallest absolute Gasteiger partial charge is 0 e. The molecule has 0 aromatic rings. The van der Waals surface area contributed by atoms with E-state index in [0.717, 1.165) is 0 Å². The number of rotatable bonds is 1. The van der Waals surface area contributed by atoms with Gasteiger partial charge in [0.15, 0.2) is 10.5 Å². The van der Waals surface area contributed by atoms with Crippen LogP contribution in [-0.4, -0.2) is 50.8 Å². The van der Waals surface area contributed by atoms with Crippen LogP contribution in [0.3, 0.4) is 0 Å². The van der Waals surface area contributed by atoms with Crippen LogP contribution in [0.1, 0.15) is 0 Å². The Morgan fingerprint density at radius 3 is 1.62 bits per heavy atom. The van der Waals surface area contributed by atoms with E-state index in [9.17, 15) is 8.42 Å². The maximum atomic E-state index is 9.37. The van der Waals surface area contributed by atoms with E-state index >= 15 is 0 Å². The predicted octanol–water partition coefficient (Wildman–Crippen LogP) is -2.83. The van der Waals surface area contributed by atoms with Crippen LogP contribution in [0.2, 0.25) is 0 Å². The summed E-state index contributed by atoms with van der Waals surface area (Å²) in [6.45, 7) is 0. The van der Waals surface area contributed by atoms with Gasteiger partial charge >= 0.3 is 37.7 Å². The summed E-state index contributed by atoms with van der Waals surface area (Å²) >= 11 is 0. The minimum Gasteiger partial charge on any atom is 0 e. The van der Waals surface area contributed by atoms with Gasteiger partial charge in [0.1, 0.15) is 0 Å². The topological polar surface area (TPSA) is 63.6 Å². The van der Waals surface area contributed by atoms with Gasteiger partial charge in [0.25, 0.3) is 0 Å². The zero-order valence-electron chi connectivity index (χ0n) is 4.29. The molecule has 0 spiro atoms. The van der Waals surface area contributed by atoms with Crippen LogP contribution in [0.15, 0.2) is 0 Å². The van der Waals surface area contributed by atoms with Gasteiger partial charge in [-0.3, -0.25) is 4.55 Å². The molecule has 0 aromatic heterocycles. The molecule has 0 fully saturated rings. The van der Waals surface area contributed by atoms with Crippen LogP contribution in [-0.2, 0) is 36.0 Å². The molecular formula is H6O4PbSSiTi. The second kappa shape index (κ2) is 6.84. The number of hydrogen-bond acceptors (Lipinski definition) is 3. The summed E-state index contributed by atoms with van der Waals surface area (Å²) in [4.78, 5) is 0. The van der Waals surface area contributed by atoms with E-state index in [0.29, 0.717) is 0 Å². The van der Waals surface area contributed by atoms with Crippen molar-refractivity contribution in [2.24, 2.45) is 0 Å². The van der Waals surface area contributed by atoms with Crippen molar-refractivity contribution in [3.63, 3.8) is 0 Å². The Labute approximate surface area is 85.9 Å². The van der Waals surface area contributed by atoms with Crippen molar-refractivity contribution < 1.29 is 38.6 Å². The van der Waals surface area contributed by atoms with Gasteiger partial charge in [0, 0.05) is 21.7 Å². The summed E-state index contributed by atoms with van der Waals surface area (Å²) in [5.74, 6) is 0. The summed E-state index contributed by atoms with van der Waals surface area (Å²) in [5.41, 5.74) is 0. The molecule has 0 amide bonds. The summed E-state index contributed by atoms with van der Waals surface area (Å²) < 4.78 is 30.0. The van der Waals surface area contributed by atoms with E-state index in [1.54, 1.807) is 0 Å². The second-order valence-electron chi connectivity index (χ2n) is 0.594. The van der Waals surface area contributed by atoms with Crippen LogP contribution in [0, 0.1) is 0 Å². The maximum Gasteiger partial charge on any atom is 0 e. The first-order valence-corrected chi connectivity index (χ1v) is 3.27. The quantitative estimate of drug-likeness (QED) is 0.391. The molecule has 0 heterocycles. The molecule has 0 unspecified atom stereocenters. The van der Waals surface area contributed by atoms with Crippen LogP contribution in [0.4, 0.5) is 0 Å². The molecule has 0 aromatic carbocycles. The first kappa shape index (κ1) is 16.4. The monoisotopic (exact) mass is 386 g/mol. The molecule has 48 valence electrons. The third-order valence-corrected chi connectivity index (χ3v) is 1.90. The van der Waals surface area contributed by atoms with Crippen LogP contribution in [0.25, 0.3) is 0 Å². The summed E-state index contributed by atoms with van der Waals surface area (Å²) in [7, 11) is -4.09. The van der Waals surface area contributed by atoms with Gasteiger partial charge in [0.2, 0.25) is 0 Å².